The number of likely N-dealkylation sites (tertiary alicyclic amines) is 1. The van der Waals surface area contributed by atoms with Crippen molar-refractivity contribution in [2.75, 3.05) is 39.2 Å². The molecule has 1 aromatic rings. The second kappa shape index (κ2) is 9.63. The molecule has 6 heteroatoms. The van der Waals surface area contributed by atoms with E-state index in [9.17, 15) is 4.79 Å². The molecule has 1 aliphatic rings. The molecule has 5 nitrogen and oxygen atoms in total. The van der Waals surface area contributed by atoms with Crippen molar-refractivity contribution >= 4 is 24.0 Å². The highest BCUT2D eigenvalue weighted by molar-refractivity contribution is 5.92. The number of halogens is 1. The van der Waals surface area contributed by atoms with Gasteiger partial charge in [-0.25, -0.2) is 0 Å². The van der Waals surface area contributed by atoms with Gasteiger partial charge in [-0.05, 0) is 44.0 Å². The average Bonchev–Trinajstić information content (AvgIpc) is 2.54. The van der Waals surface area contributed by atoms with E-state index in [2.05, 4.69) is 17.1 Å². The van der Waals surface area contributed by atoms with Crippen molar-refractivity contribution in [2.24, 2.45) is 5.92 Å². The highest BCUT2D eigenvalue weighted by Crippen LogP contribution is 2.29. The number of ether oxygens (including phenoxy) is 2. The number of benzene rings is 1. The third-order valence-electron chi connectivity index (χ3n) is 4.21. The van der Waals surface area contributed by atoms with Crippen LogP contribution in [0.1, 0.15) is 26.2 Å². The van der Waals surface area contributed by atoms with E-state index < -0.39 is 0 Å². The molecule has 0 aromatic heterocycles. The number of carbonyl (C=O) groups excluding carboxylic acids is 1. The van der Waals surface area contributed by atoms with Crippen LogP contribution in [0.5, 0.6) is 11.5 Å². The summed E-state index contributed by atoms with van der Waals surface area (Å²) < 4.78 is 10.5. The number of rotatable bonds is 6. The third-order valence-corrected chi connectivity index (χ3v) is 4.21. The van der Waals surface area contributed by atoms with E-state index in [4.69, 9.17) is 9.47 Å². The summed E-state index contributed by atoms with van der Waals surface area (Å²) in [6, 6.07) is 5.38. The predicted molar refractivity (Wildman–Crippen MR) is 94.9 cm³/mol. The van der Waals surface area contributed by atoms with E-state index in [0.29, 0.717) is 23.6 Å². The number of carbonyl (C=O) groups is 1. The van der Waals surface area contributed by atoms with Crippen molar-refractivity contribution in [1.82, 2.24) is 4.90 Å². The lowest BCUT2D eigenvalue weighted by Crippen LogP contribution is -2.35. The molecule has 1 amide bonds. The maximum absolute atomic E-state index is 12.2. The van der Waals surface area contributed by atoms with Crippen molar-refractivity contribution in [3.8, 4) is 11.5 Å². The molecule has 0 bridgehead atoms. The van der Waals surface area contributed by atoms with Gasteiger partial charge in [0.2, 0.25) is 5.91 Å². The zero-order valence-corrected chi connectivity index (χ0v) is 14.9. The Morgan fingerprint density at radius 3 is 2.57 bits per heavy atom. The maximum atomic E-state index is 12.2. The van der Waals surface area contributed by atoms with Gasteiger partial charge in [0, 0.05) is 19.0 Å². The van der Waals surface area contributed by atoms with Crippen molar-refractivity contribution in [1.29, 1.82) is 0 Å². The Balaban J connectivity index is 0.00000264. The van der Waals surface area contributed by atoms with E-state index in [-0.39, 0.29) is 18.3 Å². The van der Waals surface area contributed by atoms with Crippen LogP contribution < -0.4 is 14.8 Å². The molecular weight excluding hydrogens is 316 g/mol. The second-order valence-electron chi connectivity index (χ2n) is 5.89. The van der Waals surface area contributed by atoms with Crippen LogP contribution in [0, 0.1) is 5.92 Å². The van der Waals surface area contributed by atoms with E-state index in [0.717, 1.165) is 25.6 Å². The molecule has 1 heterocycles. The molecule has 1 aromatic carbocycles. The number of hydrogen-bond donors (Lipinski definition) is 1. The summed E-state index contributed by atoms with van der Waals surface area (Å²) in [7, 11) is 3.19. The van der Waals surface area contributed by atoms with Gasteiger partial charge >= 0.3 is 0 Å². The second-order valence-corrected chi connectivity index (χ2v) is 5.89. The van der Waals surface area contributed by atoms with Crippen LogP contribution in [-0.4, -0.2) is 44.7 Å². The van der Waals surface area contributed by atoms with Crippen molar-refractivity contribution < 1.29 is 14.3 Å². The molecule has 130 valence electrons. The SMILES string of the molecule is COc1ccc(OC)c(NC(=O)CCN2CCC(C)CC2)c1.Cl. The molecule has 2 rings (SSSR count). The molecule has 0 radical (unpaired) electrons. The summed E-state index contributed by atoms with van der Waals surface area (Å²) in [4.78, 5) is 14.5. The highest BCUT2D eigenvalue weighted by Gasteiger charge is 2.16. The van der Waals surface area contributed by atoms with E-state index in [1.807, 2.05) is 6.07 Å². The molecule has 1 saturated heterocycles. The van der Waals surface area contributed by atoms with Crippen molar-refractivity contribution in [3.05, 3.63) is 18.2 Å². The van der Waals surface area contributed by atoms with Gasteiger partial charge in [-0.2, -0.15) is 0 Å². The van der Waals surface area contributed by atoms with Gasteiger partial charge in [0.05, 0.1) is 19.9 Å². The van der Waals surface area contributed by atoms with Gasteiger partial charge < -0.3 is 19.7 Å². The lowest BCUT2D eigenvalue weighted by atomic mass is 9.99. The van der Waals surface area contributed by atoms with Crippen LogP contribution in [0.3, 0.4) is 0 Å². The smallest absolute Gasteiger partial charge is 0.225 e. The number of methoxy groups -OCH3 is 2. The molecule has 0 unspecified atom stereocenters. The number of nitrogens with zero attached hydrogens (tertiary/aromatic N) is 1. The molecule has 0 atom stereocenters. The molecule has 1 aliphatic heterocycles. The molecule has 0 aliphatic carbocycles. The lowest BCUT2D eigenvalue weighted by Gasteiger charge is -2.29. The summed E-state index contributed by atoms with van der Waals surface area (Å²) >= 11 is 0. The third kappa shape index (κ3) is 5.92. The molecule has 1 N–H and O–H groups in total. The number of piperidine rings is 1. The summed E-state index contributed by atoms with van der Waals surface area (Å²) in [5, 5.41) is 2.91. The minimum Gasteiger partial charge on any atom is -0.497 e. The summed E-state index contributed by atoms with van der Waals surface area (Å²) in [6.07, 6.45) is 2.95. The molecule has 0 saturated carbocycles. The monoisotopic (exact) mass is 342 g/mol. The van der Waals surface area contributed by atoms with Gasteiger partial charge in [-0.15, -0.1) is 12.4 Å². The largest absolute Gasteiger partial charge is 0.497 e. The van der Waals surface area contributed by atoms with Gasteiger partial charge in [0.25, 0.3) is 0 Å². The Morgan fingerprint density at radius 1 is 1.26 bits per heavy atom. The number of hydrogen-bond acceptors (Lipinski definition) is 4. The Hall–Kier alpha value is -1.46. The molecule has 0 spiro atoms. The normalized spacial score (nSPS) is 15.6. The summed E-state index contributed by atoms with van der Waals surface area (Å²) in [5.41, 5.74) is 0.652. The molecule has 23 heavy (non-hydrogen) atoms. The summed E-state index contributed by atoms with van der Waals surface area (Å²) in [5.74, 6) is 2.15. The first-order valence-corrected chi connectivity index (χ1v) is 7.86. The highest BCUT2D eigenvalue weighted by atomic mass is 35.5. The number of amides is 1. The fourth-order valence-electron chi connectivity index (χ4n) is 2.67. The minimum absolute atomic E-state index is 0. The Bertz CT molecular complexity index is 503. The molecular formula is C17H27ClN2O3. The first kappa shape index (κ1) is 19.6. The van der Waals surface area contributed by atoms with Crippen LogP contribution in [0.2, 0.25) is 0 Å². The minimum atomic E-state index is 0. The predicted octanol–water partition coefficient (Wildman–Crippen LogP) is 3.19. The van der Waals surface area contributed by atoms with E-state index in [1.165, 1.54) is 12.8 Å². The fraction of sp³-hybridized carbons (Fsp3) is 0.588. The standard InChI is InChI=1S/C17H26N2O3.ClH/c1-13-6-9-19(10-7-13)11-8-17(20)18-15-12-14(21-2)4-5-16(15)22-3;/h4-5,12-13H,6-11H2,1-3H3,(H,18,20);1H. The fourth-order valence-corrected chi connectivity index (χ4v) is 2.67. The van der Waals surface area contributed by atoms with Gasteiger partial charge in [0.1, 0.15) is 11.5 Å². The van der Waals surface area contributed by atoms with Crippen molar-refractivity contribution in [2.45, 2.75) is 26.2 Å². The first-order chi connectivity index (χ1) is 10.6. The van der Waals surface area contributed by atoms with Crippen LogP contribution in [-0.2, 0) is 4.79 Å². The Kier molecular flexibility index (Phi) is 8.20. The zero-order chi connectivity index (χ0) is 15.9. The number of nitrogens with one attached hydrogen (secondary N) is 1. The lowest BCUT2D eigenvalue weighted by molar-refractivity contribution is -0.116. The molecule has 1 fully saturated rings. The van der Waals surface area contributed by atoms with E-state index in [1.54, 1.807) is 26.4 Å². The number of anilines is 1. The van der Waals surface area contributed by atoms with Crippen LogP contribution in [0.25, 0.3) is 0 Å². The van der Waals surface area contributed by atoms with Gasteiger partial charge in [0.15, 0.2) is 0 Å². The van der Waals surface area contributed by atoms with E-state index >= 15 is 0 Å². The maximum Gasteiger partial charge on any atom is 0.225 e. The first-order valence-electron chi connectivity index (χ1n) is 7.86. The average molecular weight is 343 g/mol. The Morgan fingerprint density at radius 2 is 1.96 bits per heavy atom. The zero-order valence-electron chi connectivity index (χ0n) is 14.1. The van der Waals surface area contributed by atoms with Crippen LogP contribution >= 0.6 is 12.4 Å². The quantitative estimate of drug-likeness (QED) is 0.862. The van der Waals surface area contributed by atoms with Crippen LogP contribution in [0.15, 0.2) is 18.2 Å². The summed E-state index contributed by atoms with van der Waals surface area (Å²) in [6.45, 7) is 5.29. The van der Waals surface area contributed by atoms with Gasteiger partial charge in [-0.1, -0.05) is 6.92 Å². The van der Waals surface area contributed by atoms with Crippen LogP contribution in [0.4, 0.5) is 5.69 Å². The van der Waals surface area contributed by atoms with Gasteiger partial charge in [-0.3, -0.25) is 4.79 Å². The van der Waals surface area contributed by atoms with Crippen molar-refractivity contribution in [3.63, 3.8) is 0 Å². The Labute approximate surface area is 144 Å². The topological polar surface area (TPSA) is 50.8 Å².